The molecule has 8 N–H and O–H groups in total. The molecule has 0 aliphatic heterocycles. The summed E-state index contributed by atoms with van der Waals surface area (Å²) in [7, 11) is 11.4. The van der Waals surface area contributed by atoms with Gasteiger partial charge in [-0.1, -0.05) is 21.6 Å². The molecule has 0 aromatic rings. The smallest absolute Gasteiger partial charge is 0.408 e. The molecule has 0 aromatic carbocycles. The molecule has 0 aliphatic rings. The van der Waals surface area contributed by atoms with Gasteiger partial charge in [-0.15, -0.1) is 0 Å². The average molecular weight is 1050 g/mol. The van der Waals surface area contributed by atoms with Crippen LogP contribution in [0, 0.1) is 0 Å². The lowest BCUT2D eigenvalue weighted by Gasteiger charge is -2.34. The Labute approximate surface area is 415 Å². The Morgan fingerprint density at radius 3 is 1.07 bits per heavy atom. The van der Waals surface area contributed by atoms with Crippen LogP contribution >= 0.6 is 45.1 Å². The standard InChI is InChI=1S/C40H72N10O14S4/c1-39(2,3)63-37(61)45-23(31(55)43-15-29(51)52)17-47(9)35(59)27(21-65-13)49(11)33(57)25(41-7)19-67-68-20-26(42-8)34(58)50(12)28(22-66-14)36(60)48(10)18-24(32(56)44-16-30(53)54)46-38(62)64-40(4,5)6/h23-28,41-42H,15-22H2,1-14H3,(H,43,55)(H,44,56)(H,45,61)(H,46,62)(H,51,52)(H,53,54)/t23-,24+,25-,26-,27-,28-/m0/s1. The summed E-state index contributed by atoms with van der Waals surface area (Å²) in [5, 5.41) is 33.2. The Bertz CT molecular complexity index is 1620. The molecule has 0 aliphatic carbocycles. The zero-order valence-corrected chi connectivity index (χ0v) is 44.6. The van der Waals surface area contributed by atoms with E-state index < -0.39 is 120 Å². The largest absolute Gasteiger partial charge is 0.480 e. The number of carboxylic acid groups (broad SMARTS) is 2. The fourth-order valence-electron chi connectivity index (χ4n) is 5.70. The third-order valence-electron chi connectivity index (χ3n) is 9.20. The van der Waals surface area contributed by atoms with E-state index in [1.165, 1.54) is 83.1 Å². The average Bonchev–Trinajstić information content (AvgIpc) is 3.23. The number of thioether (sulfide) groups is 2. The quantitative estimate of drug-likeness (QED) is 0.0330. The number of alkyl carbamates (subject to hydrolysis) is 2. The fraction of sp³-hybridized carbons (Fsp3) is 0.750. The van der Waals surface area contributed by atoms with Gasteiger partial charge in [-0.3, -0.25) is 38.4 Å². The Kier molecular flexibility index (Phi) is 29.0. The number of amides is 8. The van der Waals surface area contributed by atoms with Gasteiger partial charge in [0.05, 0.1) is 12.1 Å². The highest BCUT2D eigenvalue weighted by molar-refractivity contribution is 8.76. The van der Waals surface area contributed by atoms with E-state index in [-0.39, 0.29) is 36.1 Å². The first-order valence-electron chi connectivity index (χ1n) is 21.0. The molecule has 0 aromatic heterocycles. The van der Waals surface area contributed by atoms with Crippen LogP contribution in [-0.4, -0.2) is 241 Å². The van der Waals surface area contributed by atoms with Gasteiger partial charge < -0.3 is 71.2 Å². The highest BCUT2D eigenvalue weighted by Gasteiger charge is 2.37. The van der Waals surface area contributed by atoms with Gasteiger partial charge in [0.2, 0.25) is 35.4 Å². The molecule has 0 heterocycles. The number of aliphatic carboxylic acids is 2. The maximum absolute atomic E-state index is 13.9. The number of hydrogen-bond acceptors (Lipinski definition) is 18. The molecule has 0 unspecified atom stereocenters. The van der Waals surface area contributed by atoms with Gasteiger partial charge in [0.15, 0.2) is 0 Å². The Balaban J connectivity index is 5.93. The lowest BCUT2D eigenvalue weighted by atomic mass is 10.2. The molecule has 0 spiro atoms. The summed E-state index contributed by atoms with van der Waals surface area (Å²) in [5.74, 6) is -5.65. The van der Waals surface area contributed by atoms with E-state index in [0.717, 1.165) is 9.80 Å². The Morgan fingerprint density at radius 2 is 0.824 bits per heavy atom. The highest BCUT2D eigenvalue weighted by atomic mass is 33.1. The number of nitrogens with one attached hydrogen (secondary N) is 6. The van der Waals surface area contributed by atoms with Crippen LogP contribution in [0.2, 0.25) is 0 Å². The number of hydrogen-bond donors (Lipinski definition) is 8. The zero-order chi connectivity index (χ0) is 52.7. The van der Waals surface area contributed by atoms with Crippen LogP contribution in [0.25, 0.3) is 0 Å². The monoisotopic (exact) mass is 1040 g/mol. The summed E-state index contributed by atoms with van der Waals surface area (Å²) >= 11 is 2.59. The van der Waals surface area contributed by atoms with Crippen LogP contribution in [0.3, 0.4) is 0 Å². The first-order valence-corrected chi connectivity index (χ1v) is 26.3. The van der Waals surface area contributed by atoms with Crippen LogP contribution in [0.15, 0.2) is 0 Å². The van der Waals surface area contributed by atoms with Crippen molar-refractivity contribution in [3.05, 3.63) is 0 Å². The van der Waals surface area contributed by atoms with Crippen LogP contribution < -0.4 is 31.9 Å². The first kappa shape index (κ1) is 63.6. The number of likely N-dealkylation sites (N-methyl/N-ethyl adjacent to an activating group) is 6. The normalized spacial score (nSPS) is 14.0. The van der Waals surface area contributed by atoms with Gasteiger partial charge in [-0.2, -0.15) is 23.5 Å². The molecule has 68 heavy (non-hydrogen) atoms. The van der Waals surface area contributed by atoms with Crippen molar-refractivity contribution in [1.82, 2.24) is 51.5 Å². The molecule has 0 rings (SSSR count). The van der Waals surface area contributed by atoms with Crippen molar-refractivity contribution in [3.8, 4) is 0 Å². The predicted octanol–water partition coefficient (Wildman–Crippen LogP) is -0.971. The molecule has 28 heteroatoms. The van der Waals surface area contributed by atoms with E-state index in [0.29, 0.717) is 0 Å². The van der Waals surface area contributed by atoms with E-state index in [2.05, 4.69) is 31.9 Å². The van der Waals surface area contributed by atoms with Gasteiger partial charge in [-0.05, 0) is 68.1 Å². The van der Waals surface area contributed by atoms with Crippen LogP contribution in [0.5, 0.6) is 0 Å². The molecular formula is C40H72N10O14S4. The minimum atomic E-state index is -1.40. The molecule has 0 saturated heterocycles. The first-order chi connectivity index (χ1) is 31.4. The molecule has 0 fully saturated rings. The molecule has 8 amide bonds. The zero-order valence-electron chi connectivity index (χ0n) is 41.3. The number of carbonyl (C=O) groups excluding carboxylic acids is 8. The van der Waals surface area contributed by atoms with E-state index in [9.17, 15) is 47.9 Å². The van der Waals surface area contributed by atoms with Crippen molar-refractivity contribution in [2.24, 2.45) is 0 Å². The van der Waals surface area contributed by atoms with E-state index in [1.807, 2.05) is 0 Å². The van der Waals surface area contributed by atoms with Gasteiger partial charge in [-0.25, -0.2) is 9.59 Å². The fourth-order valence-corrected chi connectivity index (χ4v) is 9.54. The van der Waals surface area contributed by atoms with Crippen molar-refractivity contribution in [2.75, 3.05) is 104 Å². The number of carboxylic acids is 2. The number of carbonyl (C=O) groups is 10. The second kappa shape index (κ2) is 31.0. The van der Waals surface area contributed by atoms with Crippen molar-refractivity contribution < 1.29 is 67.6 Å². The topological polar surface area (TPSA) is 315 Å². The van der Waals surface area contributed by atoms with E-state index in [1.54, 1.807) is 68.1 Å². The maximum atomic E-state index is 13.9. The minimum Gasteiger partial charge on any atom is -0.480 e. The molecule has 6 atom stereocenters. The predicted molar refractivity (Wildman–Crippen MR) is 263 cm³/mol. The lowest BCUT2D eigenvalue weighted by Crippen LogP contribution is -2.58. The third kappa shape index (κ3) is 24.3. The van der Waals surface area contributed by atoms with Crippen molar-refractivity contribution in [3.63, 3.8) is 0 Å². The van der Waals surface area contributed by atoms with Gasteiger partial charge in [0.25, 0.3) is 0 Å². The molecule has 0 saturated carbocycles. The Hall–Kier alpha value is -4.38. The van der Waals surface area contributed by atoms with Gasteiger partial charge in [0.1, 0.15) is 48.5 Å². The van der Waals surface area contributed by atoms with Crippen LogP contribution in [0.1, 0.15) is 41.5 Å². The summed E-state index contributed by atoms with van der Waals surface area (Å²) in [4.78, 5) is 134. The Morgan fingerprint density at radius 1 is 0.515 bits per heavy atom. The summed E-state index contributed by atoms with van der Waals surface area (Å²) in [6.45, 7) is 7.44. The summed E-state index contributed by atoms with van der Waals surface area (Å²) in [6.07, 6.45) is 1.56. The molecule has 390 valence electrons. The van der Waals surface area contributed by atoms with Gasteiger partial charge >= 0.3 is 24.1 Å². The maximum Gasteiger partial charge on any atom is 0.408 e. The third-order valence-corrected chi connectivity index (χ3v) is 12.9. The number of nitrogens with zero attached hydrogens (tertiary/aromatic N) is 4. The molecule has 24 nitrogen and oxygen atoms in total. The van der Waals surface area contributed by atoms with Crippen LogP contribution in [0.4, 0.5) is 9.59 Å². The summed E-state index contributed by atoms with van der Waals surface area (Å²) in [5.41, 5.74) is -1.84. The lowest BCUT2D eigenvalue weighted by molar-refractivity contribution is -0.144. The van der Waals surface area contributed by atoms with E-state index in [4.69, 9.17) is 19.7 Å². The second-order valence-corrected chi connectivity index (χ2v) is 21.5. The molecule has 0 bridgehead atoms. The molecule has 0 radical (unpaired) electrons. The molecular weight excluding hydrogens is 973 g/mol. The van der Waals surface area contributed by atoms with Crippen LogP contribution in [-0.2, 0) is 47.8 Å². The van der Waals surface area contributed by atoms with E-state index >= 15 is 0 Å². The van der Waals surface area contributed by atoms with Crippen molar-refractivity contribution in [2.45, 2.75) is 89.0 Å². The summed E-state index contributed by atoms with van der Waals surface area (Å²) in [6, 6.07) is -6.43. The van der Waals surface area contributed by atoms with Crippen molar-refractivity contribution in [1.29, 1.82) is 0 Å². The van der Waals surface area contributed by atoms with Gasteiger partial charge in [0, 0.05) is 64.3 Å². The SMILES string of the molecule is CN[C@@H](CSSC[C@H](NC)C(=O)N(C)[C@@H](CSC)C(=O)N(C)C[C@@H](NC(=O)OC(C)(C)C)C(=O)NCC(=O)O)C(=O)N(C)[C@@H](CSC)C(=O)N(C)C[C@H](NC(=O)OC(C)(C)C)C(=O)NCC(=O)O. The summed E-state index contributed by atoms with van der Waals surface area (Å²) < 4.78 is 10.5. The number of rotatable bonds is 29. The second-order valence-electron chi connectivity index (χ2n) is 17.2. The number of ether oxygens (including phenoxy) is 2. The van der Waals surface area contributed by atoms with Crippen molar-refractivity contribution >= 4 is 105 Å². The minimum absolute atomic E-state index is 0.167. The highest BCUT2D eigenvalue weighted by Crippen LogP contribution is 2.25.